The summed E-state index contributed by atoms with van der Waals surface area (Å²) in [5, 5.41) is 0.573. The Morgan fingerprint density at radius 2 is 1.84 bits per heavy atom. The monoisotopic (exact) mass is 352 g/mol. The molecule has 25 heavy (non-hydrogen) atoms. The largest absolute Gasteiger partial charge is 0.310 e. The Kier molecular flexibility index (Phi) is 2.83. The number of benzene rings is 2. The number of nitrogens with zero attached hydrogens (tertiary/aromatic N) is 2. The lowest BCUT2D eigenvalue weighted by molar-refractivity contribution is -0.120. The van der Waals surface area contributed by atoms with Crippen LogP contribution >= 0.6 is 11.6 Å². The van der Waals surface area contributed by atoms with Gasteiger partial charge >= 0.3 is 0 Å². The number of hydrogen-bond donors (Lipinski definition) is 0. The molecular formula is C19H13ClN2O3. The van der Waals surface area contributed by atoms with E-state index in [0.29, 0.717) is 34.7 Å². The average Bonchev–Trinajstić information content (AvgIpc) is 3.14. The number of amides is 1. The minimum Gasteiger partial charge on any atom is -0.310 e. The van der Waals surface area contributed by atoms with Crippen LogP contribution < -0.4 is 4.90 Å². The van der Waals surface area contributed by atoms with Gasteiger partial charge in [0.1, 0.15) is 0 Å². The van der Waals surface area contributed by atoms with E-state index in [1.54, 1.807) is 48.7 Å². The number of anilines is 1. The minimum absolute atomic E-state index is 0.0915. The maximum absolute atomic E-state index is 13.4. The summed E-state index contributed by atoms with van der Waals surface area (Å²) >= 11 is 5.99. The fourth-order valence-electron chi connectivity index (χ4n) is 3.86. The van der Waals surface area contributed by atoms with Gasteiger partial charge in [-0.15, -0.1) is 0 Å². The first-order chi connectivity index (χ1) is 12.1. The number of rotatable bonds is 1. The van der Waals surface area contributed by atoms with Crippen LogP contribution in [0.2, 0.25) is 5.02 Å². The minimum atomic E-state index is -1.35. The molecule has 1 amide bonds. The van der Waals surface area contributed by atoms with Gasteiger partial charge in [-0.1, -0.05) is 35.9 Å². The molecular weight excluding hydrogens is 340 g/mol. The Balaban J connectivity index is 1.79. The molecule has 2 aromatic rings. The highest BCUT2D eigenvalue weighted by atomic mass is 35.5. The fraction of sp³-hybridized carbons (Fsp3) is 0.211. The SMILES string of the molecule is O=C1CC[C@]23N=C[C@](c4ccc(Cl)cc4)(O2)C(=O)c2ccccc2N13. The smallest absolute Gasteiger partial charge is 0.247 e. The quantitative estimate of drug-likeness (QED) is 0.791. The number of carbonyl (C=O) groups is 2. The Labute approximate surface area is 148 Å². The number of ether oxygens (including phenoxy) is 1. The van der Waals surface area contributed by atoms with Crippen molar-refractivity contribution in [1.29, 1.82) is 0 Å². The molecule has 0 N–H and O–H groups in total. The summed E-state index contributed by atoms with van der Waals surface area (Å²) in [5.74, 6) is -1.47. The lowest BCUT2D eigenvalue weighted by Gasteiger charge is -2.32. The van der Waals surface area contributed by atoms with Crippen molar-refractivity contribution in [3.63, 3.8) is 0 Å². The molecule has 5 nitrogen and oxygen atoms in total. The van der Waals surface area contributed by atoms with E-state index in [4.69, 9.17) is 16.3 Å². The van der Waals surface area contributed by atoms with E-state index in [0.717, 1.165) is 0 Å². The first-order valence-corrected chi connectivity index (χ1v) is 8.43. The van der Waals surface area contributed by atoms with Crippen molar-refractivity contribution in [2.45, 2.75) is 24.3 Å². The van der Waals surface area contributed by atoms with Gasteiger partial charge in [0.2, 0.25) is 17.5 Å². The summed E-state index contributed by atoms with van der Waals surface area (Å²) in [6.45, 7) is 0. The van der Waals surface area contributed by atoms with Gasteiger partial charge in [-0.2, -0.15) is 0 Å². The van der Waals surface area contributed by atoms with Gasteiger partial charge in [0.25, 0.3) is 0 Å². The van der Waals surface area contributed by atoms with Crippen molar-refractivity contribution in [1.82, 2.24) is 0 Å². The molecule has 0 radical (unpaired) electrons. The van der Waals surface area contributed by atoms with E-state index in [-0.39, 0.29) is 11.7 Å². The number of para-hydroxylation sites is 1. The molecule has 2 aromatic carbocycles. The maximum atomic E-state index is 13.4. The molecule has 6 heteroatoms. The molecule has 3 heterocycles. The van der Waals surface area contributed by atoms with Crippen LogP contribution in [0.4, 0.5) is 5.69 Å². The molecule has 1 fully saturated rings. The third kappa shape index (κ3) is 1.79. The third-order valence-corrected chi connectivity index (χ3v) is 5.29. The second kappa shape index (κ2) is 4.77. The predicted octanol–water partition coefficient (Wildman–Crippen LogP) is 3.31. The van der Waals surface area contributed by atoms with Gasteiger partial charge < -0.3 is 4.74 Å². The van der Waals surface area contributed by atoms with Gasteiger partial charge in [-0.3, -0.25) is 14.5 Å². The van der Waals surface area contributed by atoms with E-state index in [9.17, 15) is 9.59 Å². The van der Waals surface area contributed by atoms with Crippen LogP contribution in [0.1, 0.15) is 28.8 Å². The third-order valence-electron chi connectivity index (χ3n) is 5.04. The van der Waals surface area contributed by atoms with E-state index < -0.39 is 11.4 Å². The van der Waals surface area contributed by atoms with Crippen LogP contribution in [-0.2, 0) is 15.1 Å². The van der Waals surface area contributed by atoms with E-state index in [1.807, 2.05) is 6.07 Å². The van der Waals surface area contributed by atoms with Crippen molar-refractivity contribution in [3.8, 4) is 0 Å². The number of hydrogen-bond acceptors (Lipinski definition) is 4. The molecule has 2 atom stereocenters. The summed E-state index contributed by atoms with van der Waals surface area (Å²) in [4.78, 5) is 32.0. The normalized spacial score (nSPS) is 29.6. The standard InChI is InChI=1S/C19H13ClN2O3/c20-13-7-5-12(6-8-13)18-11-21-19(25-18)10-9-16(23)22(19)15-4-2-1-3-14(15)17(18)24/h1-8,11H,9-10H2/t18-,19-/m1/s1. The molecule has 1 spiro atoms. The summed E-state index contributed by atoms with van der Waals surface area (Å²) in [7, 11) is 0. The second-order valence-electron chi connectivity index (χ2n) is 6.42. The van der Waals surface area contributed by atoms with Crippen molar-refractivity contribution in [2.75, 3.05) is 4.90 Å². The van der Waals surface area contributed by atoms with Crippen LogP contribution in [-0.4, -0.2) is 23.8 Å². The van der Waals surface area contributed by atoms with Crippen LogP contribution in [0.5, 0.6) is 0 Å². The maximum Gasteiger partial charge on any atom is 0.247 e. The van der Waals surface area contributed by atoms with Crippen LogP contribution in [0.3, 0.4) is 0 Å². The number of carbonyl (C=O) groups excluding carboxylic acids is 2. The first-order valence-electron chi connectivity index (χ1n) is 8.05. The first kappa shape index (κ1) is 14.8. The van der Waals surface area contributed by atoms with Crippen LogP contribution in [0.15, 0.2) is 53.5 Å². The van der Waals surface area contributed by atoms with Crippen molar-refractivity contribution in [3.05, 3.63) is 64.7 Å². The fourth-order valence-corrected chi connectivity index (χ4v) is 3.99. The average molecular weight is 353 g/mol. The number of aliphatic imine (C=N–C) groups is 1. The zero-order valence-corrected chi connectivity index (χ0v) is 13.9. The summed E-state index contributed by atoms with van der Waals surface area (Å²) < 4.78 is 6.30. The summed E-state index contributed by atoms with van der Waals surface area (Å²) in [6, 6.07) is 14.1. The predicted molar refractivity (Wildman–Crippen MR) is 92.9 cm³/mol. The van der Waals surface area contributed by atoms with E-state index in [1.165, 1.54) is 4.90 Å². The van der Waals surface area contributed by atoms with Crippen LogP contribution in [0, 0.1) is 0 Å². The lowest BCUT2D eigenvalue weighted by atomic mass is 9.86. The van der Waals surface area contributed by atoms with Gasteiger partial charge in [0.15, 0.2) is 5.60 Å². The van der Waals surface area contributed by atoms with Crippen LogP contribution in [0.25, 0.3) is 0 Å². The van der Waals surface area contributed by atoms with Crippen molar-refractivity contribution >= 4 is 35.2 Å². The molecule has 3 aliphatic rings. The van der Waals surface area contributed by atoms with Crippen molar-refractivity contribution < 1.29 is 14.3 Å². The Morgan fingerprint density at radius 3 is 2.64 bits per heavy atom. The summed E-state index contributed by atoms with van der Waals surface area (Å²) in [6.07, 6.45) is 2.29. The van der Waals surface area contributed by atoms with E-state index >= 15 is 0 Å². The lowest BCUT2D eigenvalue weighted by Crippen LogP contribution is -2.47. The van der Waals surface area contributed by atoms with Gasteiger partial charge in [0.05, 0.1) is 5.69 Å². The Morgan fingerprint density at radius 1 is 1.08 bits per heavy atom. The molecule has 3 aliphatic heterocycles. The number of Topliss-reactive ketones (excluding diaryl/α,β-unsaturated/α-hetero) is 1. The molecule has 0 unspecified atom stereocenters. The topological polar surface area (TPSA) is 59.0 Å². The molecule has 5 rings (SSSR count). The molecule has 2 bridgehead atoms. The number of fused-ring (bicyclic) bond motifs is 3. The van der Waals surface area contributed by atoms with E-state index in [2.05, 4.69) is 4.99 Å². The highest BCUT2D eigenvalue weighted by Gasteiger charge is 2.62. The molecule has 0 aromatic heterocycles. The van der Waals surface area contributed by atoms with Gasteiger partial charge in [0, 0.05) is 29.6 Å². The molecule has 1 saturated heterocycles. The second-order valence-corrected chi connectivity index (χ2v) is 6.86. The highest BCUT2D eigenvalue weighted by Crippen LogP contribution is 2.51. The van der Waals surface area contributed by atoms with Crippen molar-refractivity contribution in [2.24, 2.45) is 4.99 Å². The zero-order chi connectivity index (χ0) is 17.2. The number of halogens is 1. The molecule has 124 valence electrons. The number of ketones is 1. The van der Waals surface area contributed by atoms with Gasteiger partial charge in [-0.05, 0) is 29.8 Å². The Hall–Kier alpha value is -2.50. The molecule has 0 aliphatic carbocycles. The molecule has 0 saturated carbocycles. The summed E-state index contributed by atoms with van der Waals surface area (Å²) in [5.41, 5.74) is 0.321. The highest BCUT2D eigenvalue weighted by molar-refractivity contribution is 6.30. The zero-order valence-electron chi connectivity index (χ0n) is 13.1. The Bertz CT molecular complexity index is 955. The van der Waals surface area contributed by atoms with Gasteiger partial charge in [-0.25, -0.2) is 4.99 Å².